The summed E-state index contributed by atoms with van der Waals surface area (Å²) in [4.78, 5) is 25.0. The Balaban J connectivity index is 1.65. The first-order chi connectivity index (χ1) is 18.7. The third kappa shape index (κ3) is 6.25. The van der Waals surface area contributed by atoms with Crippen molar-refractivity contribution in [3.8, 4) is 28.7 Å². The molecule has 0 amide bonds. The summed E-state index contributed by atoms with van der Waals surface area (Å²) in [6.45, 7) is -1.56. The molecule has 0 radical (unpaired) electrons. The van der Waals surface area contributed by atoms with Crippen LogP contribution in [-0.4, -0.2) is 51.0 Å². The molecule has 4 rings (SSSR count). The Morgan fingerprint density at radius 3 is 2.61 bits per heavy atom. The van der Waals surface area contributed by atoms with Gasteiger partial charge in [-0.05, 0) is 69.5 Å². The summed E-state index contributed by atoms with van der Waals surface area (Å²) in [5.74, 6) is 1.42. The van der Waals surface area contributed by atoms with Crippen LogP contribution in [0, 0.1) is 11.3 Å². The fraction of sp³-hybridized carbons (Fsp3) is 0.250. The molecule has 36 heavy (non-hydrogen) atoms. The van der Waals surface area contributed by atoms with Gasteiger partial charge in [0, 0.05) is 38.6 Å². The molecule has 0 aliphatic heterocycles. The van der Waals surface area contributed by atoms with Crippen molar-refractivity contribution in [3.63, 3.8) is 0 Å². The van der Waals surface area contributed by atoms with E-state index in [1.165, 1.54) is 12.1 Å². The summed E-state index contributed by atoms with van der Waals surface area (Å²) in [6, 6.07) is 17.2. The van der Waals surface area contributed by atoms with Crippen LogP contribution in [0.5, 0.6) is 0 Å². The molecule has 0 N–H and O–H groups in total. The second kappa shape index (κ2) is 11.8. The monoisotopic (exact) mass is 499 g/mol. The Hall–Kier alpha value is -3.80. The smallest absolute Gasteiger partial charge is 0.267 e. The summed E-state index contributed by atoms with van der Waals surface area (Å²) in [6.07, 6.45) is 4.58. The number of nitrogens with zero attached hydrogens (tertiary/aromatic N) is 6. The quantitative estimate of drug-likeness (QED) is 0.239. The Labute approximate surface area is 219 Å². The number of aromatic nitrogens is 4. The van der Waals surface area contributed by atoms with E-state index in [0.717, 1.165) is 28.3 Å². The summed E-state index contributed by atoms with van der Waals surface area (Å²) >= 11 is 1.69. The van der Waals surface area contributed by atoms with Gasteiger partial charge in [-0.1, -0.05) is 30.3 Å². The minimum absolute atomic E-state index is 0.385. The normalized spacial score (nSPS) is 13.4. The lowest BCUT2D eigenvalue weighted by Crippen LogP contribution is -2.26. The van der Waals surface area contributed by atoms with E-state index in [9.17, 15) is 10.1 Å². The molecule has 0 spiro atoms. The highest BCUT2D eigenvalue weighted by molar-refractivity contribution is 7.99. The third-order valence-electron chi connectivity index (χ3n) is 5.46. The molecule has 2 heterocycles. The topological polar surface area (TPSA) is 87.7 Å². The predicted octanol–water partition coefficient (Wildman–Crippen LogP) is 4.89. The maximum atomic E-state index is 12.9. The number of hydrogen-bond acceptors (Lipinski definition) is 7. The van der Waals surface area contributed by atoms with E-state index in [2.05, 4.69) is 26.0 Å². The van der Waals surface area contributed by atoms with Crippen LogP contribution in [0.1, 0.15) is 34.6 Å². The first-order valence-corrected chi connectivity index (χ1v) is 12.4. The van der Waals surface area contributed by atoms with Crippen LogP contribution in [0.25, 0.3) is 22.6 Å². The average Bonchev–Trinajstić information content (AvgIpc) is 2.92. The summed E-state index contributed by atoms with van der Waals surface area (Å²) in [5, 5.41) is 13.7. The number of rotatable bonds is 9. The molecule has 2 aromatic heterocycles. The van der Waals surface area contributed by atoms with Gasteiger partial charge < -0.3 is 4.90 Å². The summed E-state index contributed by atoms with van der Waals surface area (Å²) in [5.41, 5.74) is 1.90. The Bertz CT molecular complexity index is 1530. The van der Waals surface area contributed by atoms with E-state index in [4.69, 9.17) is 4.11 Å². The lowest BCUT2D eigenvalue weighted by molar-refractivity contribution is 0.410. The molecule has 1 unspecified atom stereocenters. The van der Waals surface area contributed by atoms with Crippen LogP contribution < -0.4 is 5.56 Å². The molecular weight excluding hydrogens is 468 g/mol. The zero-order valence-corrected chi connectivity index (χ0v) is 20.9. The van der Waals surface area contributed by atoms with Crippen molar-refractivity contribution in [1.29, 1.82) is 5.26 Å². The van der Waals surface area contributed by atoms with Gasteiger partial charge in [0.1, 0.15) is 0 Å². The molecule has 1 atom stereocenters. The van der Waals surface area contributed by atoms with Gasteiger partial charge in [0.05, 0.1) is 23.4 Å². The highest BCUT2D eigenvalue weighted by Crippen LogP contribution is 2.25. The van der Waals surface area contributed by atoms with Gasteiger partial charge in [-0.2, -0.15) is 10.4 Å². The number of thioether (sulfide) groups is 1. The molecule has 182 valence electrons. The largest absolute Gasteiger partial charge is 0.309 e. The number of benzene rings is 2. The molecule has 0 bridgehead atoms. The Kier molecular flexibility index (Phi) is 7.01. The van der Waals surface area contributed by atoms with Crippen molar-refractivity contribution in [3.05, 3.63) is 94.5 Å². The molecule has 0 aliphatic carbocycles. The fourth-order valence-corrected chi connectivity index (χ4v) is 4.38. The van der Waals surface area contributed by atoms with Gasteiger partial charge in [0.25, 0.3) is 5.56 Å². The zero-order chi connectivity index (χ0) is 28.0. The van der Waals surface area contributed by atoms with E-state index >= 15 is 0 Å². The van der Waals surface area contributed by atoms with E-state index < -0.39 is 18.5 Å². The molecule has 0 aliphatic rings. The second-order valence-electron chi connectivity index (χ2n) is 8.47. The van der Waals surface area contributed by atoms with E-state index in [0.29, 0.717) is 33.8 Å². The molecule has 0 saturated carbocycles. The van der Waals surface area contributed by atoms with E-state index in [1.54, 1.807) is 72.7 Å². The maximum Gasteiger partial charge on any atom is 0.267 e. The van der Waals surface area contributed by atoms with Gasteiger partial charge in [0.15, 0.2) is 5.82 Å². The molecular formula is C28H28N6OS. The van der Waals surface area contributed by atoms with E-state index in [1.807, 2.05) is 14.1 Å². The lowest BCUT2D eigenvalue weighted by atomic mass is 10.0. The van der Waals surface area contributed by atoms with Crippen LogP contribution in [0.2, 0.25) is 0 Å². The van der Waals surface area contributed by atoms with Crippen LogP contribution in [0.3, 0.4) is 0 Å². The van der Waals surface area contributed by atoms with Gasteiger partial charge in [-0.25, -0.2) is 14.6 Å². The maximum absolute atomic E-state index is 12.9. The predicted molar refractivity (Wildman–Crippen MR) is 144 cm³/mol. The molecule has 7 nitrogen and oxygen atoms in total. The minimum atomic E-state index is -2.57. The van der Waals surface area contributed by atoms with Crippen molar-refractivity contribution in [2.24, 2.45) is 0 Å². The molecule has 4 aromatic rings. The van der Waals surface area contributed by atoms with Crippen molar-refractivity contribution in [2.75, 3.05) is 26.4 Å². The zero-order valence-electron chi connectivity index (χ0n) is 23.1. The standard InChI is InChI=1S/C28H28N6OS/c1-20(34-27(35)12-11-26(32-34)23-9-4-7-21(15-23)17-29)22-8-5-10-24(16-22)28-30-18-25(19-31-28)36-14-6-13-33(2)3/h4-5,7-12,15-16,18-20H,6,13-14H2,1-3H3/i1D3. The summed E-state index contributed by atoms with van der Waals surface area (Å²) < 4.78 is 25.8. The molecule has 0 saturated heterocycles. The van der Waals surface area contributed by atoms with Gasteiger partial charge in [-0.15, -0.1) is 11.8 Å². The fourth-order valence-electron chi connectivity index (χ4n) is 3.61. The number of nitriles is 1. The van der Waals surface area contributed by atoms with Crippen LogP contribution in [0.15, 0.2) is 82.7 Å². The van der Waals surface area contributed by atoms with Gasteiger partial charge in [-0.3, -0.25) is 4.79 Å². The second-order valence-corrected chi connectivity index (χ2v) is 9.64. The highest BCUT2D eigenvalue weighted by Gasteiger charge is 2.14. The van der Waals surface area contributed by atoms with Crippen LogP contribution in [-0.2, 0) is 0 Å². The van der Waals surface area contributed by atoms with Crippen LogP contribution >= 0.6 is 11.8 Å². The minimum Gasteiger partial charge on any atom is -0.309 e. The first kappa shape index (κ1) is 21.5. The van der Waals surface area contributed by atoms with Crippen molar-refractivity contribution in [2.45, 2.75) is 24.2 Å². The number of hydrogen-bond donors (Lipinski definition) is 0. The Morgan fingerprint density at radius 2 is 1.86 bits per heavy atom. The summed E-state index contributed by atoms with van der Waals surface area (Å²) in [7, 11) is 4.09. The Morgan fingerprint density at radius 1 is 1.08 bits per heavy atom. The van der Waals surface area contributed by atoms with Crippen molar-refractivity contribution >= 4 is 11.8 Å². The lowest BCUT2D eigenvalue weighted by Gasteiger charge is -2.16. The average molecular weight is 500 g/mol. The first-order valence-electron chi connectivity index (χ1n) is 13.0. The van der Waals surface area contributed by atoms with Gasteiger partial charge in [0.2, 0.25) is 0 Å². The van der Waals surface area contributed by atoms with E-state index in [-0.39, 0.29) is 0 Å². The van der Waals surface area contributed by atoms with Gasteiger partial charge >= 0.3 is 0 Å². The van der Waals surface area contributed by atoms with Crippen LogP contribution in [0.4, 0.5) is 0 Å². The SMILES string of the molecule is [2H]C([2H])([2H])C(c1cccc(-c2ncc(SCCCN(C)C)cn2)c1)n1nc(-c2cccc(C#N)c2)ccc1=O. The molecule has 2 aromatic carbocycles. The molecule has 8 heteroatoms. The highest BCUT2D eigenvalue weighted by atomic mass is 32.2. The molecule has 0 fully saturated rings. The third-order valence-corrected chi connectivity index (χ3v) is 6.50. The van der Waals surface area contributed by atoms with Crippen molar-refractivity contribution in [1.82, 2.24) is 24.6 Å². The van der Waals surface area contributed by atoms with Crippen molar-refractivity contribution < 1.29 is 4.11 Å².